The highest BCUT2D eigenvalue weighted by molar-refractivity contribution is 5.33. The van der Waals surface area contributed by atoms with E-state index in [1.165, 1.54) is 12.1 Å². The van der Waals surface area contributed by atoms with Crippen LogP contribution in [0.1, 0.15) is 42.7 Å². The third-order valence-corrected chi connectivity index (χ3v) is 4.48. The molecular weight excluding hydrogens is 270 g/mol. The molecule has 2 unspecified atom stereocenters. The first-order valence-corrected chi connectivity index (χ1v) is 7.34. The third kappa shape index (κ3) is 2.58. The van der Waals surface area contributed by atoms with Gasteiger partial charge in [-0.2, -0.15) is 0 Å². The average molecular weight is 288 g/mol. The zero-order chi connectivity index (χ0) is 14.9. The molecule has 3 rings (SSSR count). The molecule has 2 aromatic rings. The Labute approximate surface area is 123 Å². The molecule has 0 amide bonds. The zero-order valence-corrected chi connectivity index (χ0v) is 11.7. The lowest BCUT2D eigenvalue weighted by atomic mass is 9.68. The van der Waals surface area contributed by atoms with Gasteiger partial charge in [-0.3, -0.25) is 0 Å². The van der Waals surface area contributed by atoms with E-state index in [1.54, 1.807) is 0 Å². The van der Waals surface area contributed by atoms with E-state index in [1.807, 2.05) is 30.3 Å². The summed E-state index contributed by atoms with van der Waals surface area (Å²) in [6, 6.07) is 13.1. The number of aliphatic hydroxyl groups is 1. The molecule has 1 aliphatic rings. The summed E-state index contributed by atoms with van der Waals surface area (Å²) in [4.78, 5) is 0. The largest absolute Gasteiger partial charge is 0.384 e. The van der Waals surface area contributed by atoms with Crippen molar-refractivity contribution in [3.05, 3.63) is 71.3 Å². The molecule has 21 heavy (non-hydrogen) atoms. The summed E-state index contributed by atoms with van der Waals surface area (Å²) in [7, 11) is 0. The van der Waals surface area contributed by atoms with Gasteiger partial charge in [0.15, 0.2) is 0 Å². The van der Waals surface area contributed by atoms with Crippen molar-refractivity contribution in [3.63, 3.8) is 0 Å². The van der Waals surface area contributed by atoms with Crippen LogP contribution in [0.15, 0.2) is 48.5 Å². The van der Waals surface area contributed by atoms with E-state index in [0.29, 0.717) is 6.42 Å². The van der Waals surface area contributed by atoms with E-state index < -0.39 is 17.2 Å². The standard InChI is InChI=1S/C18H18F2O/c19-14-9-10-16(17(20)12-14)18(21)11-5-4-8-15(18)13-6-2-1-3-7-13/h1-3,6-7,9-10,12,15,21H,4-5,8,11H2. The van der Waals surface area contributed by atoms with Gasteiger partial charge in [0.2, 0.25) is 0 Å². The van der Waals surface area contributed by atoms with Gasteiger partial charge in [-0.05, 0) is 24.5 Å². The number of benzene rings is 2. The van der Waals surface area contributed by atoms with Crippen LogP contribution >= 0.6 is 0 Å². The Morgan fingerprint density at radius 3 is 2.48 bits per heavy atom. The predicted molar refractivity (Wildman–Crippen MR) is 77.9 cm³/mol. The Morgan fingerprint density at radius 2 is 1.76 bits per heavy atom. The maximum absolute atomic E-state index is 14.2. The maximum Gasteiger partial charge on any atom is 0.132 e. The molecule has 0 radical (unpaired) electrons. The summed E-state index contributed by atoms with van der Waals surface area (Å²) >= 11 is 0. The van der Waals surface area contributed by atoms with Gasteiger partial charge in [0, 0.05) is 17.5 Å². The highest BCUT2D eigenvalue weighted by atomic mass is 19.1. The SMILES string of the molecule is OC1(c2ccc(F)cc2F)CCCCC1c1ccccc1. The van der Waals surface area contributed by atoms with Gasteiger partial charge < -0.3 is 5.11 Å². The monoisotopic (exact) mass is 288 g/mol. The normalized spacial score (nSPS) is 25.8. The van der Waals surface area contributed by atoms with Crippen LogP contribution in [-0.4, -0.2) is 5.11 Å². The summed E-state index contributed by atoms with van der Waals surface area (Å²) < 4.78 is 27.3. The second-order valence-electron chi connectivity index (χ2n) is 5.76. The average Bonchev–Trinajstić information content (AvgIpc) is 2.48. The van der Waals surface area contributed by atoms with Crippen molar-refractivity contribution in [2.75, 3.05) is 0 Å². The number of hydrogen-bond donors (Lipinski definition) is 1. The molecule has 0 bridgehead atoms. The second kappa shape index (κ2) is 5.57. The lowest BCUT2D eigenvalue weighted by Crippen LogP contribution is -2.37. The highest BCUT2D eigenvalue weighted by Gasteiger charge is 2.42. The smallest absolute Gasteiger partial charge is 0.132 e. The van der Waals surface area contributed by atoms with E-state index in [9.17, 15) is 13.9 Å². The van der Waals surface area contributed by atoms with Crippen molar-refractivity contribution in [2.45, 2.75) is 37.2 Å². The molecule has 3 heteroatoms. The summed E-state index contributed by atoms with van der Waals surface area (Å²) in [5, 5.41) is 11.2. The molecule has 0 saturated heterocycles. The Bertz CT molecular complexity index is 626. The van der Waals surface area contributed by atoms with Crippen LogP contribution in [0.25, 0.3) is 0 Å². The Morgan fingerprint density at radius 1 is 1.00 bits per heavy atom. The van der Waals surface area contributed by atoms with Crippen molar-refractivity contribution in [3.8, 4) is 0 Å². The molecular formula is C18H18F2O. The van der Waals surface area contributed by atoms with Gasteiger partial charge in [0.05, 0.1) is 5.60 Å². The summed E-state index contributed by atoms with van der Waals surface area (Å²) in [5.74, 6) is -1.44. The van der Waals surface area contributed by atoms with Gasteiger partial charge in [-0.25, -0.2) is 8.78 Å². The second-order valence-corrected chi connectivity index (χ2v) is 5.76. The molecule has 2 atom stereocenters. The van der Waals surface area contributed by atoms with Crippen molar-refractivity contribution in [1.29, 1.82) is 0 Å². The Kier molecular flexibility index (Phi) is 3.77. The Balaban J connectivity index is 2.07. The van der Waals surface area contributed by atoms with Gasteiger partial charge in [-0.15, -0.1) is 0 Å². The van der Waals surface area contributed by atoms with Crippen molar-refractivity contribution >= 4 is 0 Å². The molecule has 1 saturated carbocycles. The van der Waals surface area contributed by atoms with Crippen LogP contribution in [0.3, 0.4) is 0 Å². The van der Waals surface area contributed by atoms with Crippen molar-refractivity contribution < 1.29 is 13.9 Å². The van der Waals surface area contributed by atoms with Crippen LogP contribution in [0, 0.1) is 11.6 Å². The molecule has 1 nitrogen and oxygen atoms in total. The molecule has 1 fully saturated rings. The minimum absolute atomic E-state index is 0.160. The van der Waals surface area contributed by atoms with E-state index in [0.717, 1.165) is 30.9 Å². The topological polar surface area (TPSA) is 20.2 Å². The van der Waals surface area contributed by atoms with Gasteiger partial charge in [-0.1, -0.05) is 49.2 Å². The number of hydrogen-bond acceptors (Lipinski definition) is 1. The minimum atomic E-state index is -1.27. The fourth-order valence-electron chi connectivity index (χ4n) is 3.45. The molecule has 0 spiro atoms. The van der Waals surface area contributed by atoms with E-state index in [4.69, 9.17) is 0 Å². The fourth-order valence-corrected chi connectivity index (χ4v) is 3.45. The number of halogens is 2. The summed E-state index contributed by atoms with van der Waals surface area (Å²) in [6.45, 7) is 0. The van der Waals surface area contributed by atoms with Crippen LogP contribution in [0.4, 0.5) is 8.78 Å². The predicted octanol–water partition coefficient (Wildman–Crippen LogP) is 4.51. The van der Waals surface area contributed by atoms with Gasteiger partial charge in [0.25, 0.3) is 0 Å². The quantitative estimate of drug-likeness (QED) is 0.862. The van der Waals surface area contributed by atoms with Crippen LogP contribution in [0.5, 0.6) is 0 Å². The van der Waals surface area contributed by atoms with Crippen molar-refractivity contribution in [1.82, 2.24) is 0 Å². The maximum atomic E-state index is 14.2. The lowest BCUT2D eigenvalue weighted by Gasteiger charge is -2.41. The molecule has 0 aliphatic heterocycles. The Hall–Kier alpha value is -1.74. The zero-order valence-electron chi connectivity index (χ0n) is 11.7. The highest BCUT2D eigenvalue weighted by Crippen LogP contribution is 2.47. The van der Waals surface area contributed by atoms with E-state index in [2.05, 4.69) is 0 Å². The molecule has 110 valence electrons. The van der Waals surface area contributed by atoms with Gasteiger partial charge in [0.1, 0.15) is 11.6 Å². The molecule has 1 N–H and O–H groups in total. The summed E-state index contributed by atoms with van der Waals surface area (Å²) in [5.41, 5.74) is -0.0573. The molecule has 0 heterocycles. The molecule has 0 aromatic heterocycles. The fraction of sp³-hybridized carbons (Fsp3) is 0.333. The minimum Gasteiger partial charge on any atom is -0.384 e. The first kappa shape index (κ1) is 14.2. The van der Waals surface area contributed by atoms with E-state index in [-0.39, 0.29) is 11.5 Å². The lowest BCUT2D eigenvalue weighted by molar-refractivity contribution is -0.0254. The number of rotatable bonds is 2. The first-order valence-electron chi connectivity index (χ1n) is 7.34. The van der Waals surface area contributed by atoms with Crippen LogP contribution in [-0.2, 0) is 5.60 Å². The third-order valence-electron chi connectivity index (χ3n) is 4.48. The van der Waals surface area contributed by atoms with E-state index >= 15 is 0 Å². The summed E-state index contributed by atoms with van der Waals surface area (Å²) in [6.07, 6.45) is 3.15. The van der Waals surface area contributed by atoms with Crippen LogP contribution in [0.2, 0.25) is 0 Å². The van der Waals surface area contributed by atoms with Crippen molar-refractivity contribution in [2.24, 2.45) is 0 Å². The van der Waals surface area contributed by atoms with Gasteiger partial charge >= 0.3 is 0 Å². The molecule has 2 aromatic carbocycles. The first-order chi connectivity index (χ1) is 10.1. The molecule has 1 aliphatic carbocycles. The van der Waals surface area contributed by atoms with Crippen LogP contribution < -0.4 is 0 Å².